The lowest BCUT2D eigenvalue weighted by molar-refractivity contribution is 0.102. The first-order valence-electron chi connectivity index (χ1n) is 6.71. The van der Waals surface area contributed by atoms with E-state index in [9.17, 15) is 4.79 Å². The molecule has 3 aromatic carbocycles. The lowest BCUT2D eigenvalue weighted by Gasteiger charge is -2.10. The van der Waals surface area contributed by atoms with Gasteiger partial charge in [0.2, 0.25) is 0 Å². The predicted molar refractivity (Wildman–Crippen MR) is 90.8 cm³/mol. The van der Waals surface area contributed by atoms with Crippen LogP contribution >= 0.6 is 15.9 Å². The van der Waals surface area contributed by atoms with Crippen molar-refractivity contribution in [2.24, 2.45) is 0 Å². The van der Waals surface area contributed by atoms with Crippen LogP contribution in [0.25, 0.3) is 10.8 Å². The number of nitrogens with one attached hydrogen (secondary N) is 1. The van der Waals surface area contributed by atoms with Crippen molar-refractivity contribution in [1.82, 2.24) is 0 Å². The van der Waals surface area contributed by atoms with Crippen molar-refractivity contribution in [2.75, 3.05) is 5.32 Å². The maximum absolute atomic E-state index is 12.5. The first-order chi connectivity index (χ1) is 10.2. The van der Waals surface area contributed by atoms with Gasteiger partial charge in [0.1, 0.15) is 0 Å². The number of rotatable bonds is 2. The number of hydrogen-bond acceptors (Lipinski definition) is 1. The van der Waals surface area contributed by atoms with Crippen LogP contribution in [0.2, 0.25) is 0 Å². The van der Waals surface area contributed by atoms with Crippen molar-refractivity contribution in [3.8, 4) is 0 Å². The van der Waals surface area contributed by atoms with Gasteiger partial charge in [0, 0.05) is 15.5 Å². The van der Waals surface area contributed by atoms with Gasteiger partial charge in [-0.2, -0.15) is 0 Å². The molecule has 0 unspecified atom stereocenters. The van der Waals surface area contributed by atoms with Gasteiger partial charge in [0.05, 0.1) is 5.56 Å². The molecule has 0 bridgehead atoms. The Morgan fingerprint density at radius 2 is 1.67 bits per heavy atom. The topological polar surface area (TPSA) is 29.1 Å². The molecule has 104 valence electrons. The molecule has 1 N–H and O–H groups in total. The molecule has 0 heterocycles. The average molecular weight is 340 g/mol. The Kier molecular flexibility index (Phi) is 3.76. The number of fused-ring (bicyclic) bond motifs is 1. The van der Waals surface area contributed by atoms with Crippen LogP contribution < -0.4 is 5.32 Å². The van der Waals surface area contributed by atoms with Gasteiger partial charge in [-0.3, -0.25) is 4.79 Å². The summed E-state index contributed by atoms with van der Waals surface area (Å²) in [7, 11) is 0. The number of halogens is 1. The van der Waals surface area contributed by atoms with Crippen LogP contribution in [-0.4, -0.2) is 5.91 Å². The molecule has 0 aliphatic rings. The number of amides is 1. The quantitative estimate of drug-likeness (QED) is 0.686. The Morgan fingerprint density at radius 3 is 2.52 bits per heavy atom. The maximum atomic E-state index is 12.5. The number of carbonyl (C=O) groups is 1. The van der Waals surface area contributed by atoms with Crippen LogP contribution in [-0.2, 0) is 0 Å². The number of anilines is 1. The van der Waals surface area contributed by atoms with Crippen molar-refractivity contribution in [1.29, 1.82) is 0 Å². The molecule has 3 rings (SSSR count). The fourth-order valence-electron chi connectivity index (χ4n) is 2.35. The van der Waals surface area contributed by atoms with Crippen LogP contribution in [0.3, 0.4) is 0 Å². The lowest BCUT2D eigenvalue weighted by atomic mass is 10.1. The first-order valence-corrected chi connectivity index (χ1v) is 7.50. The molecule has 0 aliphatic carbocycles. The van der Waals surface area contributed by atoms with Gasteiger partial charge in [-0.25, -0.2) is 0 Å². The third-order valence-electron chi connectivity index (χ3n) is 3.47. The van der Waals surface area contributed by atoms with Gasteiger partial charge in [-0.1, -0.05) is 48.5 Å². The van der Waals surface area contributed by atoms with Crippen LogP contribution in [0.15, 0.2) is 65.1 Å². The minimum Gasteiger partial charge on any atom is -0.321 e. The molecule has 3 heteroatoms. The summed E-state index contributed by atoms with van der Waals surface area (Å²) < 4.78 is 0.836. The van der Waals surface area contributed by atoms with Crippen LogP contribution in [0.5, 0.6) is 0 Å². The highest BCUT2D eigenvalue weighted by molar-refractivity contribution is 9.10. The Morgan fingerprint density at radius 1 is 0.952 bits per heavy atom. The third kappa shape index (κ3) is 2.69. The standard InChI is InChI=1S/C18H14BrNO/c1-12-6-4-10-15(17(12)19)18(21)20-16-11-5-8-13-7-2-3-9-14(13)16/h2-11H,1H3,(H,20,21). The summed E-state index contributed by atoms with van der Waals surface area (Å²) in [4.78, 5) is 12.5. The average Bonchev–Trinajstić information content (AvgIpc) is 2.50. The Hall–Kier alpha value is -2.13. The second-order valence-electron chi connectivity index (χ2n) is 4.92. The minimum atomic E-state index is -0.109. The first kappa shape index (κ1) is 13.8. The molecular weight excluding hydrogens is 326 g/mol. The largest absolute Gasteiger partial charge is 0.321 e. The molecule has 3 aromatic rings. The molecule has 0 saturated carbocycles. The third-order valence-corrected chi connectivity index (χ3v) is 4.53. The van der Waals surface area contributed by atoms with Crippen molar-refractivity contribution in [2.45, 2.75) is 6.92 Å². The van der Waals surface area contributed by atoms with Crippen LogP contribution in [0.4, 0.5) is 5.69 Å². The number of benzene rings is 3. The van der Waals surface area contributed by atoms with Crippen LogP contribution in [0, 0.1) is 6.92 Å². The molecular formula is C18H14BrNO. The minimum absolute atomic E-state index is 0.109. The molecule has 1 amide bonds. The Balaban J connectivity index is 1.99. The van der Waals surface area contributed by atoms with Crippen molar-refractivity contribution in [3.63, 3.8) is 0 Å². The van der Waals surface area contributed by atoms with Gasteiger partial charge in [-0.05, 0) is 45.9 Å². The van der Waals surface area contributed by atoms with Crippen molar-refractivity contribution >= 4 is 38.3 Å². The highest BCUT2D eigenvalue weighted by atomic mass is 79.9. The highest BCUT2D eigenvalue weighted by Gasteiger charge is 2.12. The van der Waals surface area contributed by atoms with E-state index in [-0.39, 0.29) is 5.91 Å². The zero-order valence-electron chi connectivity index (χ0n) is 11.6. The van der Waals surface area contributed by atoms with E-state index in [1.807, 2.05) is 67.6 Å². The van der Waals surface area contributed by atoms with E-state index in [2.05, 4.69) is 21.2 Å². The van der Waals surface area contributed by atoms with E-state index in [1.54, 1.807) is 0 Å². The summed E-state index contributed by atoms with van der Waals surface area (Å²) in [6.07, 6.45) is 0. The second-order valence-corrected chi connectivity index (χ2v) is 5.71. The fraction of sp³-hybridized carbons (Fsp3) is 0.0556. The molecule has 0 radical (unpaired) electrons. The Labute approximate surface area is 131 Å². The smallest absolute Gasteiger partial charge is 0.256 e. The Bertz CT molecular complexity index is 821. The van der Waals surface area contributed by atoms with E-state index in [0.29, 0.717) is 5.56 Å². The summed E-state index contributed by atoms with van der Waals surface area (Å²) in [6, 6.07) is 19.6. The molecule has 0 atom stereocenters. The molecule has 0 aromatic heterocycles. The zero-order valence-corrected chi connectivity index (χ0v) is 13.1. The summed E-state index contributed by atoms with van der Waals surface area (Å²) in [5.41, 5.74) is 2.51. The SMILES string of the molecule is Cc1cccc(C(=O)Nc2cccc3ccccc23)c1Br. The van der Waals surface area contributed by atoms with E-state index in [0.717, 1.165) is 26.5 Å². The van der Waals surface area contributed by atoms with E-state index >= 15 is 0 Å². The van der Waals surface area contributed by atoms with E-state index in [4.69, 9.17) is 0 Å². The molecule has 0 saturated heterocycles. The lowest BCUT2D eigenvalue weighted by Crippen LogP contribution is -2.13. The second kappa shape index (κ2) is 5.70. The highest BCUT2D eigenvalue weighted by Crippen LogP contribution is 2.26. The van der Waals surface area contributed by atoms with Gasteiger partial charge in [0.25, 0.3) is 5.91 Å². The monoisotopic (exact) mass is 339 g/mol. The van der Waals surface area contributed by atoms with E-state index in [1.165, 1.54) is 0 Å². The molecule has 2 nitrogen and oxygen atoms in total. The van der Waals surface area contributed by atoms with Crippen molar-refractivity contribution < 1.29 is 4.79 Å². The normalized spacial score (nSPS) is 10.6. The molecule has 0 fully saturated rings. The maximum Gasteiger partial charge on any atom is 0.256 e. The van der Waals surface area contributed by atoms with Crippen molar-refractivity contribution in [3.05, 3.63) is 76.3 Å². The van der Waals surface area contributed by atoms with Gasteiger partial charge < -0.3 is 5.32 Å². The van der Waals surface area contributed by atoms with Gasteiger partial charge >= 0.3 is 0 Å². The van der Waals surface area contributed by atoms with Gasteiger partial charge in [-0.15, -0.1) is 0 Å². The number of aryl methyl sites for hydroxylation is 1. The van der Waals surface area contributed by atoms with Crippen LogP contribution in [0.1, 0.15) is 15.9 Å². The van der Waals surface area contributed by atoms with Gasteiger partial charge in [0.15, 0.2) is 0 Å². The zero-order chi connectivity index (χ0) is 14.8. The van der Waals surface area contributed by atoms with E-state index < -0.39 is 0 Å². The summed E-state index contributed by atoms with van der Waals surface area (Å²) in [5.74, 6) is -0.109. The molecule has 21 heavy (non-hydrogen) atoms. The molecule has 0 aliphatic heterocycles. The summed E-state index contributed by atoms with van der Waals surface area (Å²) >= 11 is 3.48. The molecule has 0 spiro atoms. The number of hydrogen-bond donors (Lipinski definition) is 1. The summed E-state index contributed by atoms with van der Waals surface area (Å²) in [5, 5.41) is 5.15. The predicted octanol–water partition coefficient (Wildman–Crippen LogP) is 5.16. The summed E-state index contributed by atoms with van der Waals surface area (Å²) in [6.45, 7) is 1.97. The number of carbonyl (C=O) groups excluding carboxylic acids is 1. The fourth-order valence-corrected chi connectivity index (χ4v) is 2.79.